The SMILES string of the molecule is CC(C)CCCCCCOC(C)(C)C. The van der Waals surface area contributed by atoms with Crippen LogP contribution in [0.2, 0.25) is 0 Å². The van der Waals surface area contributed by atoms with Crippen LogP contribution in [0.5, 0.6) is 0 Å². The van der Waals surface area contributed by atoms with E-state index in [1.165, 1.54) is 32.1 Å². The summed E-state index contributed by atoms with van der Waals surface area (Å²) in [5, 5.41) is 0. The van der Waals surface area contributed by atoms with Crippen molar-refractivity contribution >= 4 is 0 Å². The predicted molar refractivity (Wildman–Crippen MR) is 63.6 cm³/mol. The molecule has 0 fully saturated rings. The van der Waals surface area contributed by atoms with Crippen molar-refractivity contribution in [3.8, 4) is 0 Å². The first kappa shape index (κ1) is 14.0. The molecule has 0 atom stereocenters. The topological polar surface area (TPSA) is 9.23 Å². The molecule has 0 heterocycles. The van der Waals surface area contributed by atoms with E-state index in [1.54, 1.807) is 0 Å². The van der Waals surface area contributed by atoms with Crippen molar-refractivity contribution in [2.45, 2.75) is 72.3 Å². The molecule has 1 nitrogen and oxygen atoms in total. The van der Waals surface area contributed by atoms with Gasteiger partial charge in [-0.15, -0.1) is 0 Å². The standard InChI is InChI=1S/C13H28O/c1-12(2)10-8-6-7-9-11-14-13(3,4)5/h12H,6-11H2,1-5H3. The number of unbranched alkanes of at least 4 members (excludes halogenated alkanes) is 3. The van der Waals surface area contributed by atoms with E-state index in [0.29, 0.717) is 0 Å². The third kappa shape index (κ3) is 12.0. The molecule has 0 aliphatic rings. The largest absolute Gasteiger partial charge is 0.376 e. The van der Waals surface area contributed by atoms with Crippen LogP contribution < -0.4 is 0 Å². The highest BCUT2D eigenvalue weighted by Gasteiger charge is 2.08. The van der Waals surface area contributed by atoms with Gasteiger partial charge in [0.05, 0.1) is 5.60 Å². The number of hydrogen-bond donors (Lipinski definition) is 0. The minimum absolute atomic E-state index is 0.0396. The van der Waals surface area contributed by atoms with Gasteiger partial charge >= 0.3 is 0 Å². The van der Waals surface area contributed by atoms with Gasteiger partial charge in [0, 0.05) is 6.61 Å². The third-order valence-corrected chi connectivity index (χ3v) is 2.21. The highest BCUT2D eigenvalue weighted by molar-refractivity contribution is 4.58. The van der Waals surface area contributed by atoms with Crippen molar-refractivity contribution in [1.82, 2.24) is 0 Å². The monoisotopic (exact) mass is 200 g/mol. The van der Waals surface area contributed by atoms with Gasteiger partial charge in [0.15, 0.2) is 0 Å². The van der Waals surface area contributed by atoms with E-state index >= 15 is 0 Å². The molecule has 86 valence electrons. The highest BCUT2D eigenvalue weighted by Crippen LogP contribution is 2.11. The summed E-state index contributed by atoms with van der Waals surface area (Å²) in [5.74, 6) is 0.862. The number of ether oxygens (including phenoxy) is 1. The first-order valence-corrected chi connectivity index (χ1v) is 6.06. The van der Waals surface area contributed by atoms with Crippen LogP contribution in [0.3, 0.4) is 0 Å². The lowest BCUT2D eigenvalue weighted by Gasteiger charge is -2.19. The predicted octanol–water partition coefficient (Wildman–Crippen LogP) is 4.41. The van der Waals surface area contributed by atoms with Crippen LogP contribution in [0, 0.1) is 5.92 Å². The fourth-order valence-corrected chi connectivity index (χ4v) is 1.39. The van der Waals surface area contributed by atoms with Crippen molar-refractivity contribution in [1.29, 1.82) is 0 Å². The molecular formula is C13H28O. The molecular weight excluding hydrogens is 172 g/mol. The van der Waals surface area contributed by atoms with Crippen molar-refractivity contribution in [3.05, 3.63) is 0 Å². The molecule has 0 N–H and O–H groups in total. The van der Waals surface area contributed by atoms with Gasteiger partial charge in [-0.05, 0) is 33.1 Å². The zero-order chi connectivity index (χ0) is 11.0. The Hall–Kier alpha value is -0.0400. The lowest BCUT2D eigenvalue weighted by atomic mass is 10.0. The Kier molecular flexibility index (Phi) is 7.26. The van der Waals surface area contributed by atoms with E-state index in [2.05, 4.69) is 34.6 Å². The molecule has 0 amide bonds. The minimum Gasteiger partial charge on any atom is -0.376 e. The lowest BCUT2D eigenvalue weighted by Crippen LogP contribution is -2.19. The second-order valence-corrected chi connectivity index (χ2v) is 5.56. The van der Waals surface area contributed by atoms with Gasteiger partial charge < -0.3 is 4.74 Å². The molecule has 0 spiro atoms. The van der Waals surface area contributed by atoms with E-state index in [4.69, 9.17) is 4.74 Å². The summed E-state index contributed by atoms with van der Waals surface area (Å²) in [6, 6.07) is 0. The lowest BCUT2D eigenvalue weighted by molar-refractivity contribution is -0.00475. The zero-order valence-corrected chi connectivity index (χ0v) is 10.7. The molecule has 0 bridgehead atoms. The van der Waals surface area contributed by atoms with Crippen LogP contribution in [-0.2, 0) is 4.74 Å². The maximum Gasteiger partial charge on any atom is 0.0598 e. The van der Waals surface area contributed by atoms with Gasteiger partial charge in [-0.1, -0.05) is 39.5 Å². The summed E-state index contributed by atoms with van der Waals surface area (Å²) in [7, 11) is 0. The van der Waals surface area contributed by atoms with Crippen molar-refractivity contribution in [2.75, 3.05) is 6.61 Å². The molecule has 0 aliphatic heterocycles. The Labute approximate surface area is 90.2 Å². The molecule has 14 heavy (non-hydrogen) atoms. The van der Waals surface area contributed by atoms with E-state index in [1.807, 2.05) is 0 Å². The van der Waals surface area contributed by atoms with Crippen LogP contribution in [0.25, 0.3) is 0 Å². The molecule has 0 radical (unpaired) electrons. The quantitative estimate of drug-likeness (QED) is 0.553. The number of hydrogen-bond acceptors (Lipinski definition) is 1. The second kappa shape index (κ2) is 7.28. The summed E-state index contributed by atoms with van der Waals surface area (Å²) in [6.45, 7) is 11.9. The van der Waals surface area contributed by atoms with E-state index < -0.39 is 0 Å². The Morgan fingerprint density at radius 3 is 2.00 bits per heavy atom. The van der Waals surface area contributed by atoms with Gasteiger partial charge in [0.1, 0.15) is 0 Å². The summed E-state index contributed by atoms with van der Waals surface area (Å²) in [4.78, 5) is 0. The fourth-order valence-electron chi connectivity index (χ4n) is 1.39. The van der Waals surface area contributed by atoms with E-state index in [-0.39, 0.29) is 5.60 Å². The summed E-state index contributed by atoms with van der Waals surface area (Å²) in [6.07, 6.45) is 6.66. The van der Waals surface area contributed by atoms with E-state index in [9.17, 15) is 0 Å². The Bertz CT molecular complexity index is 122. The third-order valence-electron chi connectivity index (χ3n) is 2.21. The smallest absolute Gasteiger partial charge is 0.0598 e. The maximum absolute atomic E-state index is 5.66. The van der Waals surface area contributed by atoms with Crippen LogP contribution in [0.1, 0.15) is 66.7 Å². The van der Waals surface area contributed by atoms with Gasteiger partial charge in [-0.25, -0.2) is 0 Å². The first-order valence-electron chi connectivity index (χ1n) is 6.06. The first-order chi connectivity index (χ1) is 6.42. The summed E-state index contributed by atoms with van der Waals surface area (Å²) >= 11 is 0. The van der Waals surface area contributed by atoms with E-state index in [0.717, 1.165) is 12.5 Å². The van der Waals surface area contributed by atoms with Crippen LogP contribution in [-0.4, -0.2) is 12.2 Å². The molecule has 0 aromatic carbocycles. The molecule has 0 saturated carbocycles. The van der Waals surface area contributed by atoms with Crippen molar-refractivity contribution < 1.29 is 4.74 Å². The molecule has 0 aromatic rings. The normalized spacial score (nSPS) is 12.4. The van der Waals surface area contributed by atoms with Crippen molar-refractivity contribution in [3.63, 3.8) is 0 Å². The van der Waals surface area contributed by atoms with Crippen LogP contribution in [0.4, 0.5) is 0 Å². The average Bonchev–Trinajstić information content (AvgIpc) is 2.00. The van der Waals surface area contributed by atoms with Gasteiger partial charge in [0.2, 0.25) is 0 Å². The fraction of sp³-hybridized carbons (Fsp3) is 1.00. The molecule has 0 aromatic heterocycles. The minimum atomic E-state index is 0.0396. The molecule has 0 saturated heterocycles. The molecule has 0 rings (SSSR count). The van der Waals surface area contributed by atoms with Crippen molar-refractivity contribution in [2.24, 2.45) is 5.92 Å². The Morgan fingerprint density at radius 2 is 1.50 bits per heavy atom. The van der Waals surface area contributed by atoms with Gasteiger partial charge in [-0.2, -0.15) is 0 Å². The summed E-state index contributed by atoms with van der Waals surface area (Å²) in [5.41, 5.74) is 0.0396. The average molecular weight is 200 g/mol. The van der Waals surface area contributed by atoms with Crippen LogP contribution in [0.15, 0.2) is 0 Å². The van der Waals surface area contributed by atoms with Gasteiger partial charge in [0.25, 0.3) is 0 Å². The van der Waals surface area contributed by atoms with Gasteiger partial charge in [-0.3, -0.25) is 0 Å². The van der Waals surface area contributed by atoms with Crippen LogP contribution >= 0.6 is 0 Å². The molecule has 1 heteroatoms. The summed E-state index contributed by atoms with van der Waals surface area (Å²) < 4.78 is 5.66. The zero-order valence-electron chi connectivity index (χ0n) is 10.7. The second-order valence-electron chi connectivity index (χ2n) is 5.56. The number of rotatable bonds is 7. The molecule has 0 aliphatic carbocycles. The Balaban J connectivity index is 3.07. The Morgan fingerprint density at radius 1 is 0.929 bits per heavy atom. The highest BCUT2D eigenvalue weighted by atomic mass is 16.5. The molecule has 0 unspecified atom stereocenters. The maximum atomic E-state index is 5.66.